The van der Waals surface area contributed by atoms with Crippen molar-refractivity contribution >= 4 is 5.91 Å². The predicted molar refractivity (Wildman–Crippen MR) is 61.0 cm³/mol. The molecule has 17 heavy (non-hydrogen) atoms. The number of rotatable bonds is 4. The first-order valence-electron chi connectivity index (χ1n) is 5.51. The van der Waals surface area contributed by atoms with Crippen molar-refractivity contribution in [2.24, 2.45) is 5.41 Å². The van der Waals surface area contributed by atoms with Gasteiger partial charge in [-0.1, -0.05) is 0 Å². The van der Waals surface area contributed by atoms with E-state index in [9.17, 15) is 9.90 Å². The minimum Gasteiger partial charge on any atom is -0.395 e. The van der Waals surface area contributed by atoms with E-state index in [4.69, 9.17) is 4.74 Å². The third kappa shape index (κ3) is 2.30. The van der Waals surface area contributed by atoms with Crippen LogP contribution in [0.4, 0.5) is 0 Å². The summed E-state index contributed by atoms with van der Waals surface area (Å²) in [6.45, 7) is 0.974. The quantitative estimate of drug-likeness (QED) is 0.802. The molecule has 0 spiro atoms. The molecule has 0 unspecified atom stereocenters. The highest BCUT2D eigenvalue weighted by molar-refractivity contribution is 5.83. The summed E-state index contributed by atoms with van der Waals surface area (Å²) in [5, 5.41) is 9.28. The first-order chi connectivity index (χ1) is 8.18. The molecule has 1 aliphatic rings. The normalized spacial score (nSPS) is 17.3. The summed E-state index contributed by atoms with van der Waals surface area (Å²) in [6, 6.07) is 3.74. The largest absolute Gasteiger partial charge is 0.395 e. The molecule has 1 fully saturated rings. The molecule has 0 radical (unpaired) electrons. The van der Waals surface area contributed by atoms with Crippen molar-refractivity contribution in [3.63, 3.8) is 0 Å². The second kappa shape index (κ2) is 4.81. The molecule has 92 valence electrons. The maximum absolute atomic E-state index is 12.2. The van der Waals surface area contributed by atoms with Crippen LogP contribution in [-0.2, 0) is 16.1 Å². The van der Waals surface area contributed by atoms with E-state index in [2.05, 4.69) is 4.98 Å². The van der Waals surface area contributed by atoms with Gasteiger partial charge in [0, 0.05) is 26.0 Å². The van der Waals surface area contributed by atoms with Crippen LogP contribution in [0.25, 0.3) is 0 Å². The fourth-order valence-electron chi connectivity index (χ4n) is 1.87. The van der Waals surface area contributed by atoms with E-state index in [1.54, 1.807) is 24.3 Å². The van der Waals surface area contributed by atoms with Crippen molar-refractivity contribution in [1.82, 2.24) is 9.88 Å². The number of hydrogen-bond donors (Lipinski definition) is 1. The van der Waals surface area contributed by atoms with Crippen LogP contribution in [-0.4, -0.2) is 47.8 Å². The van der Waals surface area contributed by atoms with Gasteiger partial charge in [-0.25, -0.2) is 0 Å². The number of amides is 1. The number of aliphatic hydroxyl groups excluding tert-OH is 1. The SMILES string of the molecule is CN(Cc1ccncc1)C(=O)C1(CO)COC1. The average Bonchev–Trinajstić information content (AvgIpc) is 2.29. The molecule has 5 heteroatoms. The molecule has 0 bridgehead atoms. The highest BCUT2D eigenvalue weighted by Gasteiger charge is 2.46. The Morgan fingerprint density at radius 3 is 2.65 bits per heavy atom. The molecule has 0 aliphatic carbocycles. The Labute approximate surface area is 100 Å². The third-order valence-corrected chi connectivity index (χ3v) is 3.03. The summed E-state index contributed by atoms with van der Waals surface area (Å²) < 4.78 is 5.03. The van der Waals surface area contributed by atoms with Gasteiger partial charge in [0.05, 0.1) is 19.8 Å². The summed E-state index contributed by atoms with van der Waals surface area (Å²) in [5.41, 5.74) is 0.297. The van der Waals surface area contributed by atoms with Crippen LogP contribution in [0.1, 0.15) is 5.56 Å². The number of nitrogens with zero attached hydrogens (tertiary/aromatic N) is 2. The molecule has 1 amide bonds. The second-order valence-electron chi connectivity index (χ2n) is 4.45. The fraction of sp³-hybridized carbons (Fsp3) is 0.500. The van der Waals surface area contributed by atoms with E-state index in [1.807, 2.05) is 12.1 Å². The predicted octanol–water partition coefficient (Wildman–Crippen LogP) is 0.0489. The zero-order valence-corrected chi connectivity index (χ0v) is 9.80. The number of aliphatic hydroxyl groups is 1. The first kappa shape index (κ1) is 12.0. The van der Waals surface area contributed by atoms with Gasteiger partial charge >= 0.3 is 0 Å². The molecule has 5 nitrogen and oxygen atoms in total. The van der Waals surface area contributed by atoms with Crippen LogP contribution in [0, 0.1) is 5.41 Å². The van der Waals surface area contributed by atoms with E-state index in [-0.39, 0.29) is 12.5 Å². The Kier molecular flexibility index (Phi) is 3.40. The van der Waals surface area contributed by atoms with Gasteiger partial charge in [-0.05, 0) is 17.7 Å². The van der Waals surface area contributed by atoms with E-state index < -0.39 is 5.41 Å². The Morgan fingerprint density at radius 2 is 2.18 bits per heavy atom. The first-order valence-corrected chi connectivity index (χ1v) is 5.51. The minimum absolute atomic E-state index is 0.0666. The van der Waals surface area contributed by atoms with E-state index in [1.165, 1.54) is 0 Å². The van der Waals surface area contributed by atoms with Gasteiger partial charge in [0.2, 0.25) is 5.91 Å². The number of carbonyl (C=O) groups is 1. The Morgan fingerprint density at radius 1 is 1.53 bits per heavy atom. The van der Waals surface area contributed by atoms with Crippen LogP contribution >= 0.6 is 0 Å². The number of carbonyl (C=O) groups excluding carboxylic acids is 1. The minimum atomic E-state index is -0.720. The van der Waals surface area contributed by atoms with Gasteiger partial charge in [0.1, 0.15) is 5.41 Å². The van der Waals surface area contributed by atoms with Crippen LogP contribution in [0.15, 0.2) is 24.5 Å². The summed E-state index contributed by atoms with van der Waals surface area (Å²) in [7, 11) is 1.73. The smallest absolute Gasteiger partial charge is 0.235 e. The number of pyridine rings is 1. The van der Waals surface area contributed by atoms with E-state index in [0.717, 1.165) is 5.56 Å². The maximum atomic E-state index is 12.2. The van der Waals surface area contributed by atoms with Gasteiger partial charge in [-0.2, -0.15) is 0 Å². The molecular formula is C12H16N2O3. The van der Waals surface area contributed by atoms with E-state index in [0.29, 0.717) is 19.8 Å². The zero-order chi connectivity index (χ0) is 12.3. The third-order valence-electron chi connectivity index (χ3n) is 3.03. The maximum Gasteiger partial charge on any atom is 0.235 e. The molecule has 1 aliphatic heterocycles. The number of ether oxygens (including phenoxy) is 1. The van der Waals surface area contributed by atoms with Gasteiger partial charge < -0.3 is 14.7 Å². The Bertz CT molecular complexity index is 384. The second-order valence-corrected chi connectivity index (χ2v) is 4.45. The number of aromatic nitrogens is 1. The summed E-state index contributed by atoms with van der Waals surface area (Å²) in [4.78, 5) is 17.7. The molecule has 1 N–H and O–H groups in total. The van der Waals surface area contributed by atoms with Crippen molar-refractivity contribution in [1.29, 1.82) is 0 Å². The molecule has 1 saturated heterocycles. The average molecular weight is 236 g/mol. The molecule has 1 aromatic rings. The Balaban J connectivity index is 2.00. The van der Waals surface area contributed by atoms with E-state index >= 15 is 0 Å². The summed E-state index contributed by atoms with van der Waals surface area (Å²) in [6.07, 6.45) is 3.39. The van der Waals surface area contributed by atoms with Crippen LogP contribution in [0.3, 0.4) is 0 Å². The van der Waals surface area contributed by atoms with Crippen LogP contribution in [0.5, 0.6) is 0 Å². The molecule has 2 heterocycles. The highest BCUT2D eigenvalue weighted by Crippen LogP contribution is 2.29. The van der Waals surface area contributed by atoms with Crippen molar-refractivity contribution in [3.8, 4) is 0 Å². The van der Waals surface area contributed by atoms with Gasteiger partial charge in [-0.3, -0.25) is 9.78 Å². The molecule has 0 saturated carbocycles. The van der Waals surface area contributed by atoms with Crippen molar-refractivity contribution in [3.05, 3.63) is 30.1 Å². The molecule has 0 atom stereocenters. The van der Waals surface area contributed by atoms with Crippen molar-refractivity contribution < 1.29 is 14.6 Å². The molecule has 0 aromatic carbocycles. The standard InChI is InChI=1S/C12H16N2O3/c1-14(6-10-2-4-13-5-3-10)11(16)12(7-15)8-17-9-12/h2-5,15H,6-9H2,1H3. The van der Waals surface area contributed by atoms with Crippen molar-refractivity contribution in [2.45, 2.75) is 6.54 Å². The lowest BCUT2D eigenvalue weighted by molar-refractivity contribution is -0.179. The lowest BCUT2D eigenvalue weighted by Gasteiger charge is -2.40. The topological polar surface area (TPSA) is 62.7 Å². The van der Waals surface area contributed by atoms with Crippen LogP contribution < -0.4 is 0 Å². The molecular weight excluding hydrogens is 220 g/mol. The lowest BCUT2D eigenvalue weighted by atomic mass is 9.85. The molecule has 2 rings (SSSR count). The van der Waals surface area contributed by atoms with Crippen LogP contribution in [0.2, 0.25) is 0 Å². The van der Waals surface area contributed by atoms with Gasteiger partial charge in [0.25, 0.3) is 0 Å². The highest BCUT2D eigenvalue weighted by atomic mass is 16.5. The lowest BCUT2D eigenvalue weighted by Crippen LogP contribution is -2.56. The zero-order valence-electron chi connectivity index (χ0n) is 9.80. The fourth-order valence-corrected chi connectivity index (χ4v) is 1.87. The number of hydrogen-bond acceptors (Lipinski definition) is 4. The van der Waals surface area contributed by atoms with Gasteiger partial charge in [0.15, 0.2) is 0 Å². The Hall–Kier alpha value is -1.46. The monoisotopic (exact) mass is 236 g/mol. The summed E-state index contributed by atoms with van der Waals surface area (Å²) >= 11 is 0. The summed E-state index contributed by atoms with van der Waals surface area (Å²) in [5.74, 6) is -0.0666. The van der Waals surface area contributed by atoms with Gasteiger partial charge in [-0.15, -0.1) is 0 Å². The van der Waals surface area contributed by atoms with Crippen molar-refractivity contribution in [2.75, 3.05) is 26.9 Å². The molecule has 1 aromatic heterocycles.